The van der Waals surface area contributed by atoms with Gasteiger partial charge >= 0.3 is 6.09 Å². The van der Waals surface area contributed by atoms with Crippen molar-refractivity contribution in [3.63, 3.8) is 0 Å². The molecule has 2 rings (SSSR count). The molecule has 0 aliphatic rings. The molecule has 0 bridgehead atoms. The first-order valence-corrected chi connectivity index (χ1v) is 10.3. The molecule has 0 aliphatic heterocycles. The van der Waals surface area contributed by atoms with Crippen molar-refractivity contribution in [3.05, 3.63) is 48.2 Å². The molecular weight excluding hydrogens is 374 g/mol. The quantitative estimate of drug-likeness (QED) is 0.509. The second kappa shape index (κ2) is 10.3. The topological polar surface area (TPSA) is 73.3 Å². The van der Waals surface area contributed by atoms with E-state index in [2.05, 4.69) is 27.4 Å². The standard InChI is InChI=1S/C21H29N3O3S/c1-15(2)17(23-20(25)27-21(3,4)5)13-26-18-11-12-22-19(24-18)28-14-16-9-7-6-8-10-16/h6-12,15,17H,13-14H2,1-5H3,(H,23,25). The maximum atomic E-state index is 12.0. The van der Waals surface area contributed by atoms with E-state index in [0.29, 0.717) is 17.6 Å². The number of benzene rings is 1. The first kappa shape index (κ1) is 22.0. The zero-order valence-corrected chi connectivity index (χ0v) is 18.0. The molecule has 0 saturated carbocycles. The Morgan fingerprint density at radius 1 is 1.18 bits per heavy atom. The summed E-state index contributed by atoms with van der Waals surface area (Å²) in [5.41, 5.74) is 0.674. The SMILES string of the molecule is CC(C)C(COc1ccnc(SCc2ccccc2)n1)NC(=O)OC(C)(C)C. The van der Waals surface area contributed by atoms with Crippen molar-refractivity contribution in [2.75, 3.05) is 6.61 Å². The summed E-state index contributed by atoms with van der Waals surface area (Å²) in [5, 5.41) is 3.52. The summed E-state index contributed by atoms with van der Waals surface area (Å²) < 4.78 is 11.1. The number of nitrogens with one attached hydrogen (secondary N) is 1. The normalized spacial score (nSPS) is 12.5. The van der Waals surface area contributed by atoms with Crippen LogP contribution < -0.4 is 10.1 Å². The highest BCUT2D eigenvalue weighted by atomic mass is 32.2. The lowest BCUT2D eigenvalue weighted by molar-refractivity contribution is 0.0467. The lowest BCUT2D eigenvalue weighted by Gasteiger charge is -2.25. The maximum Gasteiger partial charge on any atom is 0.407 e. The Bertz CT molecular complexity index is 748. The van der Waals surface area contributed by atoms with Gasteiger partial charge in [-0.2, -0.15) is 4.98 Å². The van der Waals surface area contributed by atoms with Gasteiger partial charge in [0.25, 0.3) is 0 Å². The molecule has 1 amide bonds. The molecule has 1 aromatic carbocycles. The van der Waals surface area contributed by atoms with Gasteiger partial charge in [-0.25, -0.2) is 9.78 Å². The molecule has 1 aromatic heterocycles. The summed E-state index contributed by atoms with van der Waals surface area (Å²) in [7, 11) is 0. The van der Waals surface area contributed by atoms with E-state index < -0.39 is 11.7 Å². The van der Waals surface area contributed by atoms with Gasteiger partial charge in [0, 0.05) is 18.0 Å². The maximum absolute atomic E-state index is 12.0. The van der Waals surface area contributed by atoms with E-state index in [0.717, 1.165) is 5.75 Å². The number of ether oxygens (including phenoxy) is 2. The minimum absolute atomic E-state index is 0.182. The van der Waals surface area contributed by atoms with Crippen LogP contribution in [0.25, 0.3) is 0 Å². The van der Waals surface area contributed by atoms with Crippen molar-refractivity contribution in [1.29, 1.82) is 0 Å². The van der Waals surface area contributed by atoms with Gasteiger partial charge in [0.05, 0.1) is 6.04 Å². The molecule has 6 nitrogen and oxygen atoms in total. The van der Waals surface area contributed by atoms with Crippen molar-refractivity contribution >= 4 is 17.9 Å². The van der Waals surface area contributed by atoms with Gasteiger partial charge in [-0.3, -0.25) is 0 Å². The number of hydrogen-bond donors (Lipinski definition) is 1. The molecule has 0 fully saturated rings. The molecule has 0 saturated heterocycles. The van der Waals surface area contributed by atoms with E-state index in [1.54, 1.807) is 24.0 Å². The van der Waals surface area contributed by atoms with Crippen LogP contribution in [0.4, 0.5) is 4.79 Å². The first-order chi connectivity index (χ1) is 13.2. The second-order valence-electron chi connectivity index (χ2n) is 7.76. The summed E-state index contributed by atoms with van der Waals surface area (Å²) >= 11 is 1.55. The van der Waals surface area contributed by atoms with Crippen LogP contribution in [0.2, 0.25) is 0 Å². The molecule has 152 valence electrons. The molecule has 1 heterocycles. The van der Waals surface area contributed by atoms with Crippen LogP contribution in [0.15, 0.2) is 47.8 Å². The number of carbonyl (C=O) groups is 1. The van der Waals surface area contributed by atoms with E-state index in [1.807, 2.05) is 52.8 Å². The Balaban J connectivity index is 1.89. The van der Waals surface area contributed by atoms with Gasteiger partial charge < -0.3 is 14.8 Å². The van der Waals surface area contributed by atoms with E-state index in [1.165, 1.54) is 5.56 Å². The highest BCUT2D eigenvalue weighted by Crippen LogP contribution is 2.21. The summed E-state index contributed by atoms with van der Waals surface area (Å²) in [6.07, 6.45) is 1.23. The minimum Gasteiger partial charge on any atom is -0.475 e. The Morgan fingerprint density at radius 2 is 1.89 bits per heavy atom. The fourth-order valence-electron chi connectivity index (χ4n) is 2.23. The van der Waals surface area contributed by atoms with E-state index in [9.17, 15) is 4.79 Å². The summed E-state index contributed by atoms with van der Waals surface area (Å²) in [6, 6.07) is 11.7. The van der Waals surface area contributed by atoms with E-state index in [4.69, 9.17) is 9.47 Å². The second-order valence-corrected chi connectivity index (χ2v) is 8.70. The summed E-state index contributed by atoms with van der Waals surface area (Å²) in [5.74, 6) is 1.46. The van der Waals surface area contributed by atoms with Crippen LogP contribution in [0.5, 0.6) is 5.88 Å². The molecule has 2 aromatic rings. The number of nitrogens with zero attached hydrogens (tertiary/aromatic N) is 2. The summed E-state index contributed by atoms with van der Waals surface area (Å²) in [4.78, 5) is 20.8. The molecule has 1 N–H and O–H groups in total. The van der Waals surface area contributed by atoms with Gasteiger partial charge in [-0.05, 0) is 32.3 Å². The van der Waals surface area contributed by atoms with Crippen molar-refractivity contribution in [2.45, 2.75) is 57.2 Å². The van der Waals surface area contributed by atoms with Gasteiger partial charge in [-0.15, -0.1) is 0 Å². The van der Waals surface area contributed by atoms with Crippen molar-refractivity contribution < 1.29 is 14.3 Å². The fourth-order valence-corrected chi connectivity index (χ4v) is 3.01. The number of hydrogen-bond acceptors (Lipinski definition) is 6. The van der Waals surface area contributed by atoms with Crippen LogP contribution in [-0.4, -0.2) is 34.3 Å². The Kier molecular flexibility index (Phi) is 8.11. The van der Waals surface area contributed by atoms with Crippen molar-refractivity contribution in [1.82, 2.24) is 15.3 Å². The predicted octanol–water partition coefficient (Wildman–Crippen LogP) is 4.70. The Hall–Kier alpha value is -2.28. The number of rotatable bonds is 8. The van der Waals surface area contributed by atoms with Crippen LogP contribution >= 0.6 is 11.8 Å². The molecule has 28 heavy (non-hydrogen) atoms. The van der Waals surface area contributed by atoms with Crippen molar-refractivity contribution in [3.8, 4) is 5.88 Å². The lowest BCUT2D eigenvalue weighted by Crippen LogP contribution is -2.45. The average molecular weight is 404 g/mol. The number of alkyl carbamates (subject to hydrolysis) is 1. The number of aromatic nitrogens is 2. The highest BCUT2D eigenvalue weighted by molar-refractivity contribution is 7.98. The van der Waals surface area contributed by atoms with Crippen molar-refractivity contribution in [2.24, 2.45) is 5.92 Å². The summed E-state index contributed by atoms with van der Waals surface area (Å²) in [6.45, 7) is 9.85. The van der Waals surface area contributed by atoms with Gasteiger partial charge in [0.1, 0.15) is 12.2 Å². The molecular formula is C21H29N3O3S. The molecule has 0 radical (unpaired) electrons. The van der Waals surface area contributed by atoms with E-state index in [-0.39, 0.29) is 12.0 Å². The number of amides is 1. The van der Waals surface area contributed by atoms with Gasteiger partial charge in [0.2, 0.25) is 5.88 Å². The van der Waals surface area contributed by atoms with Crippen LogP contribution in [0.1, 0.15) is 40.2 Å². The Labute approximate surface area is 171 Å². The number of thioether (sulfide) groups is 1. The highest BCUT2D eigenvalue weighted by Gasteiger charge is 2.22. The van der Waals surface area contributed by atoms with Crippen LogP contribution in [0, 0.1) is 5.92 Å². The third-order valence-corrected chi connectivity index (χ3v) is 4.67. The van der Waals surface area contributed by atoms with Crippen LogP contribution in [0.3, 0.4) is 0 Å². The molecule has 0 aliphatic carbocycles. The van der Waals surface area contributed by atoms with Gasteiger partial charge in [0.15, 0.2) is 5.16 Å². The Morgan fingerprint density at radius 3 is 2.54 bits per heavy atom. The number of carbonyl (C=O) groups excluding carboxylic acids is 1. The lowest BCUT2D eigenvalue weighted by atomic mass is 10.1. The molecule has 0 spiro atoms. The molecule has 7 heteroatoms. The van der Waals surface area contributed by atoms with E-state index >= 15 is 0 Å². The fraction of sp³-hybridized carbons (Fsp3) is 0.476. The monoisotopic (exact) mass is 403 g/mol. The third kappa shape index (κ3) is 8.17. The smallest absolute Gasteiger partial charge is 0.407 e. The zero-order chi connectivity index (χ0) is 20.6. The van der Waals surface area contributed by atoms with Crippen LogP contribution in [-0.2, 0) is 10.5 Å². The zero-order valence-electron chi connectivity index (χ0n) is 17.1. The molecule has 1 unspecified atom stereocenters. The third-order valence-electron chi connectivity index (χ3n) is 3.74. The predicted molar refractivity (Wildman–Crippen MR) is 112 cm³/mol. The largest absolute Gasteiger partial charge is 0.475 e. The van der Waals surface area contributed by atoms with Gasteiger partial charge in [-0.1, -0.05) is 55.9 Å². The molecule has 1 atom stereocenters. The first-order valence-electron chi connectivity index (χ1n) is 9.35. The average Bonchev–Trinajstić information content (AvgIpc) is 2.63. The minimum atomic E-state index is -0.538.